The second kappa shape index (κ2) is 5.15. The van der Waals surface area contributed by atoms with E-state index in [9.17, 15) is 4.39 Å². The van der Waals surface area contributed by atoms with E-state index in [4.69, 9.17) is 23.2 Å². The highest BCUT2D eigenvalue weighted by Gasteiger charge is 2.17. The Hall–Kier alpha value is -0.310. The van der Waals surface area contributed by atoms with Crippen LogP contribution < -0.4 is 5.32 Å². The van der Waals surface area contributed by atoms with Crippen LogP contribution in [0.2, 0.25) is 10.0 Å². The van der Waals surface area contributed by atoms with Crippen LogP contribution in [0.15, 0.2) is 12.1 Å². The van der Waals surface area contributed by atoms with E-state index in [-0.39, 0.29) is 17.1 Å². The van der Waals surface area contributed by atoms with Gasteiger partial charge >= 0.3 is 0 Å². The van der Waals surface area contributed by atoms with Crippen LogP contribution in [0.5, 0.6) is 0 Å². The van der Waals surface area contributed by atoms with Crippen molar-refractivity contribution < 1.29 is 4.39 Å². The van der Waals surface area contributed by atoms with E-state index in [0.29, 0.717) is 10.6 Å². The lowest BCUT2D eigenvalue weighted by Gasteiger charge is -2.19. The van der Waals surface area contributed by atoms with Gasteiger partial charge in [-0.15, -0.1) is 0 Å². The van der Waals surface area contributed by atoms with Gasteiger partial charge in [-0.1, -0.05) is 37.0 Å². The molecule has 0 amide bonds. The number of benzene rings is 1. The maximum Gasteiger partial charge on any atom is 0.142 e. The zero-order chi connectivity index (χ0) is 11.6. The molecule has 4 heteroatoms. The fourth-order valence-electron chi connectivity index (χ4n) is 1.52. The number of rotatable bonds is 3. The SMILES string of the molecule is CC(C)NC(C)c1c(Cl)ccc(F)c1Cl. The molecule has 15 heavy (non-hydrogen) atoms. The molecule has 0 radical (unpaired) electrons. The van der Waals surface area contributed by atoms with Crippen LogP contribution in [0.1, 0.15) is 32.4 Å². The van der Waals surface area contributed by atoms with Gasteiger partial charge in [-0.25, -0.2) is 4.39 Å². The molecule has 0 heterocycles. The molecule has 0 fully saturated rings. The molecule has 1 aromatic carbocycles. The van der Waals surface area contributed by atoms with Gasteiger partial charge in [0.15, 0.2) is 0 Å². The van der Waals surface area contributed by atoms with Crippen molar-refractivity contribution in [2.24, 2.45) is 0 Å². The largest absolute Gasteiger partial charge is 0.308 e. The Balaban J connectivity index is 3.07. The quantitative estimate of drug-likeness (QED) is 0.793. The molecule has 0 spiro atoms. The first-order chi connectivity index (χ1) is 6.93. The lowest BCUT2D eigenvalue weighted by Crippen LogP contribution is -2.26. The summed E-state index contributed by atoms with van der Waals surface area (Å²) in [7, 11) is 0. The first-order valence-electron chi connectivity index (χ1n) is 4.83. The number of hydrogen-bond donors (Lipinski definition) is 1. The third-order valence-electron chi connectivity index (χ3n) is 2.10. The average molecular weight is 250 g/mol. The summed E-state index contributed by atoms with van der Waals surface area (Å²) in [5.41, 5.74) is 0.618. The molecule has 84 valence electrons. The average Bonchev–Trinajstić information content (AvgIpc) is 2.11. The van der Waals surface area contributed by atoms with Crippen molar-refractivity contribution in [3.05, 3.63) is 33.6 Å². The van der Waals surface area contributed by atoms with E-state index in [1.807, 2.05) is 20.8 Å². The van der Waals surface area contributed by atoms with Crippen molar-refractivity contribution in [3.63, 3.8) is 0 Å². The molecule has 1 aromatic rings. The summed E-state index contributed by atoms with van der Waals surface area (Å²) in [6.07, 6.45) is 0. The third kappa shape index (κ3) is 3.07. The molecule has 0 aromatic heterocycles. The Morgan fingerprint density at radius 3 is 2.33 bits per heavy atom. The van der Waals surface area contributed by atoms with Gasteiger partial charge in [0.1, 0.15) is 5.82 Å². The van der Waals surface area contributed by atoms with Gasteiger partial charge in [0.05, 0.1) is 5.02 Å². The first-order valence-corrected chi connectivity index (χ1v) is 5.58. The first kappa shape index (κ1) is 12.8. The molecule has 1 rings (SSSR count). The number of nitrogens with one attached hydrogen (secondary N) is 1. The minimum absolute atomic E-state index is 0.0688. The van der Waals surface area contributed by atoms with Crippen molar-refractivity contribution in [3.8, 4) is 0 Å². The lowest BCUT2D eigenvalue weighted by molar-refractivity contribution is 0.503. The standard InChI is InChI=1S/C11H14Cl2FN/c1-6(2)15-7(3)10-8(12)4-5-9(14)11(10)13/h4-7,15H,1-3H3. The molecule has 0 aliphatic rings. The summed E-state index contributed by atoms with van der Waals surface area (Å²) in [6, 6.07) is 3.02. The molecule has 0 aliphatic carbocycles. The van der Waals surface area contributed by atoms with Crippen LogP contribution in [0.25, 0.3) is 0 Å². The normalized spacial score (nSPS) is 13.3. The molecule has 1 nitrogen and oxygen atoms in total. The highest BCUT2D eigenvalue weighted by atomic mass is 35.5. The van der Waals surface area contributed by atoms with Crippen LogP contribution in [0.3, 0.4) is 0 Å². The van der Waals surface area contributed by atoms with Gasteiger partial charge in [0.25, 0.3) is 0 Å². The minimum atomic E-state index is -0.437. The monoisotopic (exact) mass is 249 g/mol. The Bertz CT molecular complexity index is 353. The third-order valence-corrected chi connectivity index (χ3v) is 2.81. The van der Waals surface area contributed by atoms with Gasteiger partial charge in [-0.3, -0.25) is 0 Å². The molecule has 0 bridgehead atoms. The molecule has 1 N–H and O–H groups in total. The Morgan fingerprint density at radius 2 is 1.80 bits per heavy atom. The maximum atomic E-state index is 13.2. The predicted octanol–water partition coefficient (Wildman–Crippen LogP) is 4.19. The summed E-state index contributed by atoms with van der Waals surface area (Å²) >= 11 is 11.9. The molecule has 0 saturated carbocycles. The number of halogens is 3. The highest BCUT2D eigenvalue weighted by Crippen LogP contribution is 2.32. The van der Waals surface area contributed by atoms with Gasteiger partial charge in [0.2, 0.25) is 0 Å². The van der Waals surface area contributed by atoms with Crippen molar-refractivity contribution >= 4 is 23.2 Å². The maximum absolute atomic E-state index is 13.2. The fraction of sp³-hybridized carbons (Fsp3) is 0.455. The second-order valence-corrected chi connectivity index (χ2v) is 4.59. The summed E-state index contributed by atoms with van der Waals surface area (Å²) in [5, 5.41) is 3.82. The topological polar surface area (TPSA) is 12.0 Å². The van der Waals surface area contributed by atoms with Crippen LogP contribution in [-0.4, -0.2) is 6.04 Å². The second-order valence-electron chi connectivity index (χ2n) is 3.80. The highest BCUT2D eigenvalue weighted by molar-refractivity contribution is 6.36. The van der Waals surface area contributed by atoms with E-state index in [0.717, 1.165) is 0 Å². The van der Waals surface area contributed by atoms with E-state index < -0.39 is 5.82 Å². The molecular formula is C11H14Cl2FN. The summed E-state index contributed by atoms with van der Waals surface area (Å²) in [6.45, 7) is 5.93. The van der Waals surface area contributed by atoms with Crippen molar-refractivity contribution in [1.29, 1.82) is 0 Å². The van der Waals surface area contributed by atoms with Crippen molar-refractivity contribution in [2.75, 3.05) is 0 Å². The van der Waals surface area contributed by atoms with Gasteiger partial charge < -0.3 is 5.32 Å². The molecule has 1 unspecified atom stereocenters. The van der Waals surface area contributed by atoms with Crippen LogP contribution >= 0.6 is 23.2 Å². The van der Waals surface area contributed by atoms with Gasteiger partial charge in [0, 0.05) is 22.7 Å². The summed E-state index contributed by atoms with van der Waals surface area (Å²) < 4.78 is 13.2. The molecule has 0 saturated heterocycles. The Labute approximate surface area is 99.6 Å². The molecule has 0 aliphatic heterocycles. The minimum Gasteiger partial charge on any atom is -0.308 e. The summed E-state index contributed by atoms with van der Waals surface area (Å²) in [5.74, 6) is -0.437. The zero-order valence-corrected chi connectivity index (χ0v) is 10.5. The fourth-order valence-corrected chi connectivity index (χ4v) is 2.22. The lowest BCUT2D eigenvalue weighted by atomic mass is 10.1. The predicted molar refractivity (Wildman–Crippen MR) is 63.1 cm³/mol. The van der Waals surface area contributed by atoms with Gasteiger partial charge in [-0.05, 0) is 19.1 Å². The summed E-state index contributed by atoms with van der Waals surface area (Å²) in [4.78, 5) is 0. The van der Waals surface area contributed by atoms with E-state index >= 15 is 0 Å². The van der Waals surface area contributed by atoms with E-state index in [1.54, 1.807) is 0 Å². The molecular weight excluding hydrogens is 236 g/mol. The van der Waals surface area contributed by atoms with E-state index in [1.165, 1.54) is 12.1 Å². The van der Waals surface area contributed by atoms with Gasteiger partial charge in [-0.2, -0.15) is 0 Å². The molecule has 1 atom stereocenters. The van der Waals surface area contributed by atoms with Crippen LogP contribution in [0.4, 0.5) is 4.39 Å². The Morgan fingerprint density at radius 1 is 1.20 bits per heavy atom. The van der Waals surface area contributed by atoms with Crippen LogP contribution in [-0.2, 0) is 0 Å². The van der Waals surface area contributed by atoms with Crippen molar-refractivity contribution in [2.45, 2.75) is 32.9 Å². The van der Waals surface area contributed by atoms with Crippen molar-refractivity contribution in [1.82, 2.24) is 5.32 Å². The zero-order valence-electron chi connectivity index (χ0n) is 8.94. The van der Waals surface area contributed by atoms with E-state index in [2.05, 4.69) is 5.32 Å². The number of hydrogen-bond acceptors (Lipinski definition) is 1. The Kier molecular flexibility index (Phi) is 4.38. The van der Waals surface area contributed by atoms with Crippen LogP contribution in [0, 0.1) is 5.82 Å². The smallest absolute Gasteiger partial charge is 0.142 e.